The Hall–Kier alpha value is -1.59. The van der Waals surface area contributed by atoms with Gasteiger partial charge in [-0.25, -0.2) is 0 Å². The van der Waals surface area contributed by atoms with Crippen molar-refractivity contribution in [3.63, 3.8) is 0 Å². The maximum absolute atomic E-state index is 7.26. The summed E-state index contributed by atoms with van der Waals surface area (Å²) in [4.78, 5) is 0. The Labute approximate surface area is 107 Å². The highest BCUT2D eigenvalue weighted by molar-refractivity contribution is 5.94. The van der Waals surface area contributed by atoms with E-state index in [1.54, 1.807) is 24.3 Å². The number of rotatable bonds is 9. The second-order valence-electron chi connectivity index (χ2n) is 3.60. The lowest BCUT2D eigenvalue weighted by atomic mass is 10.2. The first-order valence-corrected chi connectivity index (χ1v) is 5.96. The third-order valence-corrected chi connectivity index (χ3v) is 2.24. The quantitative estimate of drug-likeness (QED) is 0.395. The Morgan fingerprint density at radius 1 is 1.06 bits per heavy atom. The molecular formula is C13H20N2O3. The van der Waals surface area contributed by atoms with Crippen molar-refractivity contribution in [2.24, 2.45) is 5.73 Å². The molecule has 1 aromatic carbocycles. The van der Waals surface area contributed by atoms with Crippen LogP contribution in [0.2, 0.25) is 0 Å². The Morgan fingerprint density at radius 2 is 1.67 bits per heavy atom. The van der Waals surface area contributed by atoms with Gasteiger partial charge in [-0.2, -0.15) is 0 Å². The lowest BCUT2D eigenvalue weighted by Crippen LogP contribution is -2.12. The minimum Gasteiger partial charge on any atom is -0.491 e. The van der Waals surface area contributed by atoms with E-state index in [1.807, 2.05) is 6.92 Å². The van der Waals surface area contributed by atoms with E-state index < -0.39 is 0 Å². The average Bonchev–Trinajstić information content (AvgIpc) is 2.38. The third kappa shape index (κ3) is 5.65. The van der Waals surface area contributed by atoms with Gasteiger partial charge < -0.3 is 19.9 Å². The molecule has 0 aliphatic heterocycles. The van der Waals surface area contributed by atoms with Gasteiger partial charge in [0.25, 0.3) is 0 Å². The Kier molecular flexibility index (Phi) is 6.83. The molecule has 0 aliphatic carbocycles. The molecule has 0 amide bonds. The van der Waals surface area contributed by atoms with E-state index in [2.05, 4.69) is 0 Å². The Morgan fingerprint density at radius 3 is 2.28 bits per heavy atom. The minimum atomic E-state index is 0.0563. The smallest absolute Gasteiger partial charge is 0.122 e. The number of hydrogen-bond donors (Lipinski definition) is 2. The lowest BCUT2D eigenvalue weighted by molar-refractivity contribution is 0.0405. The van der Waals surface area contributed by atoms with Gasteiger partial charge in [-0.15, -0.1) is 0 Å². The second kappa shape index (κ2) is 8.49. The predicted molar refractivity (Wildman–Crippen MR) is 70.3 cm³/mol. The maximum atomic E-state index is 7.26. The van der Waals surface area contributed by atoms with E-state index in [4.69, 9.17) is 25.4 Å². The number of nitrogens with one attached hydrogen (secondary N) is 1. The molecule has 0 bridgehead atoms. The zero-order chi connectivity index (χ0) is 13.2. The van der Waals surface area contributed by atoms with Crippen LogP contribution in [0.5, 0.6) is 5.75 Å². The fraction of sp³-hybridized carbons (Fsp3) is 0.462. The number of nitrogens with two attached hydrogens (primary N) is 1. The first-order valence-electron chi connectivity index (χ1n) is 5.96. The molecule has 5 nitrogen and oxygen atoms in total. The molecule has 100 valence electrons. The highest BCUT2D eigenvalue weighted by Gasteiger charge is 1.97. The Balaban J connectivity index is 2.14. The van der Waals surface area contributed by atoms with Crippen molar-refractivity contribution in [1.82, 2.24) is 0 Å². The van der Waals surface area contributed by atoms with Crippen LogP contribution in [0.25, 0.3) is 0 Å². The summed E-state index contributed by atoms with van der Waals surface area (Å²) in [6.45, 7) is 4.88. The van der Waals surface area contributed by atoms with Crippen molar-refractivity contribution >= 4 is 5.84 Å². The summed E-state index contributed by atoms with van der Waals surface area (Å²) in [5.74, 6) is 0.800. The molecule has 0 atom stereocenters. The van der Waals surface area contributed by atoms with Gasteiger partial charge in [-0.1, -0.05) is 0 Å². The molecule has 1 aromatic rings. The molecule has 0 unspecified atom stereocenters. The van der Waals surface area contributed by atoms with Gasteiger partial charge in [0.2, 0.25) is 0 Å². The first-order chi connectivity index (χ1) is 8.74. The monoisotopic (exact) mass is 252 g/mol. The minimum absolute atomic E-state index is 0.0563. The largest absolute Gasteiger partial charge is 0.491 e. The van der Waals surface area contributed by atoms with Gasteiger partial charge >= 0.3 is 0 Å². The summed E-state index contributed by atoms with van der Waals surface area (Å²) in [5, 5.41) is 7.26. The van der Waals surface area contributed by atoms with Crippen LogP contribution in [0, 0.1) is 5.41 Å². The molecule has 0 aromatic heterocycles. The van der Waals surface area contributed by atoms with E-state index >= 15 is 0 Å². The van der Waals surface area contributed by atoms with Crippen LogP contribution in [0.1, 0.15) is 12.5 Å². The molecule has 0 radical (unpaired) electrons. The SMILES string of the molecule is CCOCCOCCOc1ccc(C(=N)N)cc1. The molecule has 18 heavy (non-hydrogen) atoms. The predicted octanol–water partition coefficient (Wildman–Crippen LogP) is 1.40. The van der Waals surface area contributed by atoms with Crippen LogP contribution < -0.4 is 10.5 Å². The molecule has 1 rings (SSSR count). The highest BCUT2D eigenvalue weighted by Crippen LogP contribution is 2.11. The molecule has 0 heterocycles. The van der Waals surface area contributed by atoms with E-state index in [0.29, 0.717) is 38.6 Å². The second-order valence-corrected chi connectivity index (χ2v) is 3.60. The van der Waals surface area contributed by atoms with Crippen molar-refractivity contribution in [1.29, 1.82) is 5.41 Å². The zero-order valence-electron chi connectivity index (χ0n) is 10.6. The molecule has 3 N–H and O–H groups in total. The van der Waals surface area contributed by atoms with Gasteiger partial charge in [0.1, 0.15) is 18.2 Å². The lowest BCUT2D eigenvalue weighted by Gasteiger charge is -2.07. The summed E-state index contributed by atoms with van der Waals surface area (Å²) in [5.41, 5.74) is 6.04. The summed E-state index contributed by atoms with van der Waals surface area (Å²) in [7, 11) is 0. The third-order valence-electron chi connectivity index (χ3n) is 2.24. The van der Waals surface area contributed by atoms with Crippen LogP contribution in [-0.4, -0.2) is 38.9 Å². The molecule has 0 aliphatic rings. The molecule has 5 heteroatoms. The van der Waals surface area contributed by atoms with Crippen molar-refractivity contribution in [3.05, 3.63) is 29.8 Å². The van der Waals surface area contributed by atoms with Gasteiger partial charge in [0.15, 0.2) is 0 Å². The fourth-order valence-electron chi connectivity index (χ4n) is 1.31. The topological polar surface area (TPSA) is 77.6 Å². The molecule has 0 fully saturated rings. The van der Waals surface area contributed by atoms with Crippen molar-refractivity contribution in [2.75, 3.05) is 33.0 Å². The Bertz CT molecular complexity index is 352. The van der Waals surface area contributed by atoms with Crippen molar-refractivity contribution < 1.29 is 14.2 Å². The van der Waals surface area contributed by atoms with Crippen LogP contribution >= 0.6 is 0 Å². The zero-order valence-corrected chi connectivity index (χ0v) is 10.6. The molecule has 0 saturated carbocycles. The van der Waals surface area contributed by atoms with Crippen LogP contribution in [-0.2, 0) is 9.47 Å². The number of ether oxygens (including phenoxy) is 3. The molecule has 0 saturated heterocycles. The molecular weight excluding hydrogens is 232 g/mol. The molecule has 0 spiro atoms. The number of nitrogen functional groups attached to an aromatic ring is 1. The maximum Gasteiger partial charge on any atom is 0.122 e. The number of benzene rings is 1. The number of amidine groups is 1. The van der Waals surface area contributed by atoms with E-state index in [0.717, 1.165) is 5.75 Å². The normalized spacial score (nSPS) is 10.3. The van der Waals surface area contributed by atoms with Crippen LogP contribution in [0.3, 0.4) is 0 Å². The van der Waals surface area contributed by atoms with Gasteiger partial charge in [-0.05, 0) is 31.2 Å². The highest BCUT2D eigenvalue weighted by atomic mass is 16.5. The standard InChI is InChI=1S/C13H20N2O3/c1-2-16-7-8-17-9-10-18-12-5-3-11(4-6-12)13(14)15/h3-6H,2,7-10H2,1H3,(H3,14,15). The summed E-state index contributed by atoms with van der Waals surface area (Å²) < 4.78 is 15.9. The van der Waals surface area contributed by atoms with E-state index in [-0.39, 0.29) is 5.84 Å². The van der Waals surface area contributed by atoms with Crippen molar-refractivity contribution in [2.45, 2.75) is 6.92 Å². The van der Waals surface area contributed by atoms with Gasteiger partial charge in [-0.3, -0.25) is 5.41 Å². The summed E-state index contributed by atoms with van der Waals surface area (Å²) >= 11 is 0. The fourth-order valence-corrected chi connectivity index (χ4v) is 1.31. The number of hydrogen-bond acceptors (Lipinski definition) is 4. The van der Waals surface area contributed by atoms with Crippen LogP contribution in [0.4, 0.5) is 0 Å². The van der Waals surface area contributed by atoms with Gasteiger partial charge in [0.05, 0.1) is 19.8 Å². The average molecular weight is 252 g/mol. The summed E-state index contributed by atoms with van der Waals surface area (Å²) in [6, 6.07) is 7.09. The van der Waals surface area contributed by atoms with Crippen molar-refractivity contribution in [3.8, 4) is 5.75 Å². The van der Waals surface area contributed by atoms with Gasteiger partial charge in [0, 0.05) is 12.2 Å². The van der Waals surface area contributed by atoms with E-state index in [1.165, 1.54) is 0 Å². The first kappa shape index (κ1) is 14.5. The summed E-state index contributed by atoms with van der Waals surface area (Å²) in [6.07, 6.45) is 0. The van der Waals surface area contributed by atoms with E-state index in [9.17, 15) is 0 Å². The van der Waals surface area contributed by atoms with Crippen LogP contribution in [0.15, 0.2) is 24.3 Å².